The minimum absolute atomic E-state index is 0.00898. The Morgan fingerprint density at radius 2 is 1.75 bits per heavy atom. The first-order valence-electron chi connectivity index (χ1n) is 7.44. The van der Waals surface area contributed by atoms with Crippen LogP contribution in [0.1, 0.15) is 5.56 Å². The molecule has 1 N–H and O–H groups in total. The molecule has 2 rings (SSSR count). The van der Waals surface area contributed by atoms with E-state index < -0.39 is 9.84 Å². The third-order valence-electron chi connectivity index (χ3n) is 3.69. The standard InChI is InChI=1S/C17H19Cl2NO3S/c1-20(12-13-3-6-15(23-2)7-4-13)9-10-24(21,22)17-11-14(18)5-8-16(17)19/h3-8,11H,9-10,12H2,1-2H3/p+1. The van der Waals surface area contributed by atoms with E-state index in [0.29, 0.717) is 11.6 Å². The number of methoxy groups -OCH3 is 1. The lowest BCUT2D eigenvalue weighted by atomic mass is 10.2. The topological polar surface area (TPSA) is 47.8 Å². The molecule has 0 heterocycles. The zero-order chi connectivity index (χ0) is 17.7. The minimum atomic E-state index is -3.47. The normalized spacial score (nSPS) is 12.8. The van der Waals surface area contributed by atoms with Crippen LogP contribution in [-0.2, 0) is 16.4 Å². The average molecular weight is 389 g/mol. The van der Waals surface area contributed by atoms with E-state index in [1.165, 1.54) is 12.1 Å². The van der Waals surface area contributed by atoms with Crippen molar-refractivity contribution in [2.75, 3.05) is 26.5 Å². The predicted octanol–water partition coefficient (Wildman–Crippen LogP) is 2.49. The Kier molecular flexibility index (Phi) is 6.52. The van der Waals surface area contributed by atoms with Crippen LogP contribution in [0, 0.1) is 0 Å². The number of hydrogen-bond donors (Lipinski definition) is 1. The van der Waals surface area contributed by atoms with Crippen LogP contribution in [0.3, 0.4) is 0 Å². The van der Waals surface area contributed by atoms with Gasteiger partial charge in [0.25, 0.3) is 0 Å². The monoisotopic (exact) mass is 388 g/mol. The summed E-state index contributed by atoms with van der Waals surface area (Å²) < 4.78 is 30.1. The van der Waals surface area contributed by atoms with Gasteiger partial charge in [0.1, 0.15) is 18.0 Å². The molecule has 0 aliphatic rings. The Bertz CT molecular complexity index is 792. The van der Waals surface area contributed by atoms with Crippen molar-refractivity contribution in [3.8, 4) is 5.75 Å². The summed E-state index contributed by atoms with van der Waals surface area (Å²) in [4.78, 5) is 1.18. The van der Waals surface area contributed by atoms with Crippen molar-refractivity contribution < 1.29 is 18.1 Å². The number of ether oxygens (including phenoxy) is 1. The highest BCUT2D eigenvalue weighted by Crippen LogP contribution is 2.25. The van der Waals surface area contributed by atoms with E-state index in [1.807, 2.05) is 31.3 Å². The molecule has 130 valence electrons. The van der Waals surface area contributed by atoms with Crippen LogP contribution in [0.4, 0.5) is 0 Å². The molecule has 0 aromatic heterocycles. The lowest BCUT2D eigenvalue weighted by Gasteiger charge is -2.15. The van der Waals surface area contributed by atoms with Crippen molar-refractivity contribution in [2.24, 2.45) is 0 Å². The maximum atomic E-state index is 12.5. The van der Waals surface area contributed by atoms with Crippen molar-refractivity contribution >= 4 is 33.0 Å². The molecule has 0 aliphatic heterocycles. The summed E-state index contributed by atoms with van der Waals surface area (Å²) in [5, 5.41) is 0.559. The molecule has 0 bridgehead atoms. The number of nitrogens with one attached hydrogen (secondary N) is 1. The molecule has 0 spiro atoms. The second-order valence-corrected chi connectivity index (χ2v) is 8.55. The van der Waals surface area contributed by atoms with E-state index in [2.05, 4.69) is 0 Å². The molecule has 0 saturated carbocycles. The lowest BCUT2D eigenvalue weighted by Crippen LogP contribution is -3.08. The summed E-state index contributed by atoms with van der Waals surface area (Å²) in [5.41, 5.74) is 1.12. The van der Waals surface area contributed by atoms with Crippen LogP contribution < -0.4 is 9.64 Å². The molecule has 0 saturated heterocycles. The van der Waals surface area contributed by atoms with Crippen LogP contribution in [0.25, 0.3) is 0 Å². The van der Waals surface area contributed by atoms with Crippen LogP contribution in [0.5, 0.6) is 5.75 Å². The maximum absolute atomic E-state index is 12.5. The average Bonchev–Trinajstić information content (AvgIpc) is 2.56. The van der Waals surface area contributed by atoms with Gasteiger partial charge in [0, 0.05) is 10.6 Å². The van der Waals surface area contributed by atoms with Gasteiger partial charge in [-0.15, -0.1) is 0 Å². The molecule has 1 atom stereocenters. The summed E-state index contributed by atoms with van der Waals surface area (Å²) >= 11 is 11.9. The maximum Gasteiger partial charge on any atom is 0.185 e. The van der Waals surface area contributed by atoms with E-state index in [-0.39, 0.29) is 15.7 Å². The number of rotatable bonds is 7. The largest absolute Gasteiger partial charge is 0.497 e. The Morgan fingerprint density at radius 1 is 1.08 bits per heavy atom. The summed E-state index contributed by atoms with van der Waals surface area (Å²) in [5.74, 6) is 0.810. The number of quaternary nitrogens is 1. The van der Waals surface area contributed by atoms with E-state index in [9.17, 15) is 8.42 Å². The third-order valence-corrected chi connectivity index (χ3v) is 6.12. The first-order chi connectivity index (χ1) is 11.3. The molecule has 0 aliphatic carbocycles. The summed E-state index contributed by atoms with van der Waals surface area (Å²) in [6.07, 6.45) is 0. The lowest BCUT2D eigenvalue weighted by molar-refractivity contribution is -0.891. The highest BCUT2D eigenvalue weighted by molar-refractivity contribution is 7.91. The van der Waals surface area contributed by atoms with Crippen molar-refractivity contribution in [2.45, 2.75) is 11.4 Å². The van der Waals surface area contributed by atoms with Crippen molar-refractivity contribution in [3.05, 3.63) is 58.1 Å². The smallest absolute Gasteiger partial charge is 0.185 e. The molecular weight excluding hydrogens is 369 g/mol. The van der Waals surface area contributed by atoms with E-state index in [0.717, 1.165) is 22.8 Å². The molecular formula is C17H20Cl2NO3S+. The van der Waals surface area contributed by atoms with Gasteiger partial charge >= 0.3 is 0 Å². The van der Waals surface area contributed by atoms with Crippen molar-refractivity contribution in [1.82, 2.24) is 0 Å². The first kappa shape index (κ1) is 19.1. The van der Waals surface area contributed by atoms with Crippen molar-refractivity contribution in [1.29, 1.82) is 0 Å². The Labute approximate surface area is 152 Å². The van der Waals surface area contributed by atoms with Gasteiger partial charge in [-0.1, -0.05) is 23.2 Å². The SMILES string of the molecule is COc1ccc(C[NH+](C)CCS(=O)(=O)c2cc(Cl)ccc2Cl)cc1. The summed E-state index contributed by atoms with van der Waals surface area (Å²) in [6.45, 7) is 1.19. The second-order valence-electron chi connectivity index (χ2n) is 5.63. The number of halogens is 2. The van der Waals surface area contributed by atoms with E-state index in [4.69, 9.17) is 27.9 Å². The Balaban J connectivity index is 1.99. The number of benzene rings is 2. The van der Waals surface area contributed by atoms with Gasteiger partial charge in [-0.25, -0.2) is 8.42 Å². The molecule has 1 unspecified atom stereocenters. The fraction of sp³-hybridized carbons (Fsp3) is 0.294. The van der Waals surface area contributed by atoms with Crippen LogP contribution in [0.2, 0.25) is 10.0 Å². The highest BCUT2D eigenvalue weighted by Gasteiger charge is 2.20. The Hall–Kier alpha value is -1.27. The van der Waals surface area contributed by atoms with Gasteiger partial charge < -0.3 is 9.64 Å². The molecule has 2 aromatic carbocycles. The van der Waals surface area contributed by atoms with E-state index in [1.54, 1.807) is 13.2 Å². The van der Waals surface area contributed by atoms with Crippen LogP contribution in [0.15, 0.2) is 47.4 Å². The summed E-state index contributed by atoms with van der Waals surface area (Å²) in [6, 6.07) is 12.2. The quantitative estimate of drug-likeness (QED) is 0.792. The molecule has 4 nitrogen and oxygen atoms in total. The second kappa shape index (κ2) is 8.21. The van der Waals surface area contributed by atoms with Gasteiger partial charge in [-0.2, -0.15) is 0 Å². The van der Waals surface area contributed by atoms with Crippen LogP contribution in [-0.4, -0.2) is 34.9 Å². The number of hydrogen-bond acceptors (Lipinski definition) is 3. The predicted molar refractivity (Wildman–Crippen MR) is 97.0 cm³/mol. The zero-order valence-corrected chi connectivity index (χ0v) is 15.9. The van der Waals surface area contributed by atoms with Crippen molar-refractivity contribution in [3.63, 3.8) is 0 Å². The van der Waals surface area contributed by atoms with Gasteiger partial charge in [0.2, 0.25) is 0 Å². The van der Waals surface area contributed by atoms with Gasteiger partial charge in [-0.3, -0.25) is 0 Å². The molecule has 2 aromatic rings. The molecule has 7 heteroatoms. The highest BCUT2D eigenvalue weighted by atomic mass is 35.5. The van der Waals surface area contributed by atoms with Gasteiger partial charge in [-0.05, 0) is 42.5 Å². The van der Waals surface area contributed by atoms with Gasteiger partial charge in [0.15, 0.2) is 9.84 Å². The molecule has 0 amide bonds. The van der Waals surface area contributed by atoms with Gasteiger partial charge in [0.05, 0.1) is 30.6 Å². The first-order valence-corrected chi connectivity index (χ1v) is 9.84. The van der Waals surface area contributed by atoms with E-state index >= 15 is 0 Å². The summed E-state index contributed by atoms with van der Waals surface area (Å²) in [7, 11) is 0.112. The fourth-order valence-corrected chi connectivity index (χ4v) is 4.53. The zero-order valence-electron chi connectivity index (χ0n) is 13.6. The third kappa shape index (κ3) is 5.11. The minimum Gasteiger partial charge on any atom is -0.497 e. The molecule has 24 heavy (non-hydrogen) atoms. The fourth-order valence-electron chi connectivity index (χ4n) is 2.31. The molecule has 0 fully saturated rings. The molecule has 0 radical (unpaired) electrons. The Morgan fingerprint density at radius 3 is 2.38 bits per heavy atom. The number of sulfone groups is 1. The van der Waals surface area contributed by atoms with Crippen LogP contribution >= 0.6 is 23.2 Å².